The molecule has 0 fully saturated rings. The van der Waals surface area contributed by atoms with Gasteiger partial charge in [-0.05, 0) is 27.7 Å². The van der Waals surface area contributed by atoms with Crippen molar-refractivity contribution < 1.29 is 107 Å². The van der Waals surface area contributed by atoms with Crippen molar-refractivity contribution in [1.29, 1.82) is 0 Å². The Labute approximate surface area is 180 Å². The van der Waals surface area contributed by atoms with Crippen molar-refractivity contribution in [3.63, 3.8) is 0 Å². The minimum absolute atomic E-state index is 0. The van der Waals surface area contributed by atoms with Crippen molar-refractivity contribution in [2.75, 3.05) is 26.2 Å². The van der Waals surface area contributed by atoms with Gasteiger partial charge in [0.2, 0.25) is 10.4 Å². The first-order chi connectivity index (χ1) is 8.45. The minimum Gasteiger partial charge on any atom is -1.00 e. The van der Waals surface area contributed by atoms with Gasteiger partial charge in [-0.3, -0.25) is 4.55 Å². The predicted molar refractivity (Wildman–Crippen MR) is 65.8 cm³/mol. The van der Waals surface area contributed by atoms with Crippen LogP contribution in [-0.4, -0.2) is 56.6 Å². The third-order valence-electron chi connectivity index (χ3n) is 2.88. The molecule has 0 aliphatic rings. The molecule has 0 bridgehead atoms. The number of hydrogen-bond donors (Lipinski definition) is 1. The maximum atomic E-state index is 9.48. The SMILES string of the molecule is CC[N+](CC)(CC)CC.O=S(=O)([O-])OOS(=O)(=O)O.[Br-].[K+]. The summed E-state index contributed by atoms with van der Waals surface area (Å²) in [6, 6.07) is 0. The zero-order chi connectivity index (χ0) is 15.7. The molecular weight excluding hydrogens is 421 g/mol. The molecule has 0 aliphatic carbocycles. The zero-order valence-electron chi connectivity index (χ0n) is 12.8. The minimum atomic E-state index is -5.27. The van der Waals surface area contributed by atoms with Crippen molar-refractivity contribution in [1.82, 2.24) is 0 Å². The second-order valence-corrected chi connectivity index (χ2v) is 5.52. The summed E-state index contributed by atoms with van der Waals surface area (Å²) >= 11 is 0. The van der Waals surface area contributed by atoms with Crippen LogP contribution in [0.1, 0.15) is 27.7 Å². The molecule has 0 aromatic carbocycles. The fraction of sp³-hybridized carbons (Fsp3) is 1.00. The molecule has 0 saturated heterocycles. The van der Waals surface area contributed by atoms with Gasteiger partial charge in [0, 0.05) is 0 Å². The molecule has 126 valence electrons. The van der Waals surface area contributed by atoms with E-state index in [0.717, 1.165) is 0 Å². The molecule has 0 rings (SSSR count). The number of hydrogen-bond acceptors (Lipinski definition) is 7. The summed E-state index contributed by atoms with van der Waals surface area (Å²) in [7, 11) is -10.3. The average molecular weight is 442 g/mol. The predicted octanol–water partition coefficient (Wildman–Crippen LogP) is -5.91. The van der Waals surface area contributed by atoms with Gasteiger partial charge in [-0.25, -0.2) is 8.42 Å². The molecule has 13 heteroatoms. The molecule has 0 saturated carbocycles. The number of rotatable bonds is 7. The summed E-state index contributed by atoms with van der Waals surface area (Å²) in [5.41, 5.74) is 0. The quantitative estimate of drug-likeness (QED) is 0.103. The smallest absolute Gasteiger partial charge is 1.00 e. The molecule has 0 radical (unpaired) electrons. The molecule has 0 heterocycles. The normalized spacial score (nSPS) is 11.5. The summed E-state index contributed by atoms with van der Waals surface area (Å²) < 4.78 is 61.4. The number of nitrogens with zero attached hydrogens (tertiary/aromatic N) is 1. The standard InChI is InChI=1S/C8H20N.BrH.K.H2O8S2/c1-5-9(6-2,7-3)8-4;;;1-9(2,3)7-8-10(4,5)6/h5-8H2,1-4H3;1H;;(H,1,2,3)(H,4,5,6)/q+1;;+1;/p-2. The van der Waals surface area contributed by atoms with Crippen LogP contribution < -0.4 is 68.4 Å². The summed E-state index contributed by atoms with van der Waals surface area (Å²) in [5, 5.41) is 0. The molecule has 0 atom stereocenters. The van der Waals surface area contributed by atoms with E-state index in [2.05, 4.69) is 36.4 Å². The fourth-order valence-corrected chi connectivity index (χ4v) is 1.96. The fourth-order valence-electron chi connectivity index (χ4n) is 1.41. The van der Waals surface area contributed by atoms with E-state index >= 15 is 0 Å². The largest absolute Gasteiger partial charge is 1.00 e. The van der Waals surface area contributed by atoms with Gasteiger partial charge in [0.1, 0.15) is 0 Å². The Hall–Kier alpha value is 1.82. The van der Waals surface area contributed by atoms with Crippen molar-refractivity contribution in [3.8, 4) is 0 Å². The molecule has 0 unspecified atom stereocenters. The van der Waals surface area contributed by atoms with Gasteiger partial charge < -0.3 is 26.0 Å². The van der Waals surface area contributed by atoms with Gasteiger partial charge in [0.05, 0.1) is 26.2 Å². The first kappa shape index (κ1) is 30.7. The van der Waals surface area contributed by atoms with Crippen LogP contribution >= 0.6 is 0 Å². The van der Waals surface area contributed by atoms with E-state index in [0.29, 0.717) is 0 Å². The summed E-state index contributed by atoms with van der Waals surface area (Å²) in [6.45, 7) is 14.2. The molecule has 0 spiro atoms. The van der Waals surface area contributed by atoms with E-state index in [4.69, 9.17) is 4.55 Å². The zero-order valence-corrected chi connectivity index (χ0v) is 19.1. The van der Waals surface area contributed by atoms with Gasteiger partial charge in [-0.15, -0.1) is 0 Å². The monoisotopic (exact) mass is 441 g/mol. The Morgan fingerprint density at radius 1 is 0.905 bits per heavy atom. The summed E-state index contributed by atoms with van der Waals surface area (Å²) in [5.74, 6) is 0. The molecule has 0 amide bonds. The molecule has 0 aromatic rings. The first-order valence-corrected chi connectivity index (χ1v) is 8.31. The molecule has 0 aliphatic heterocycles. The van der Waals surface area contributed by atoms with E-state index in [1.54, 1.807) is 0 Å². The van der Waals surface area contributed by atoms with E-state index in [-0.39, 0.29) is 68.4 Å². The Bertz CT molecular complexity index is 388. The van der Waals surface area contributed by atoms with E-state index in [9.17, 15) is 21.4 Å². The molecular formula is C8H21BrKNO8S2. The van der Waals surface area contributed by atoms with Crippen LogP contribution in [0, 0.1) is 0 Å². The van der Waals surface area contributed by atoms with Gasteiger partial charge in [-0.1, -0.05) is 8.67 Å². The van der Waals surface area contributed by atoms with Gasteiger partial charge in [0.15, 0.2) is 0 Å². The van der Waals surface area contributed by atoms with Crippen LogP contribution in [0.5, 0.6) is 0 Å². The van der Waals surface area contributed by atoms with Crippen LogP contribution in [-0.2, 0) is 29.5 Å². The van der Waals surface area contributed by atoms with Crippen LogP contribution in [0.3, 0.4) is 0 Å². The maximum Gasteiger partial charge on any atom is 1.00 e. The van der Waals surface area contributed by atoms with Crippen LogP contribution in [0.15, 0.2) is 0 Å². The molecule has 9 nitrogen and oxygen atoms in total. The van der Waals surface area contributed by atoms with E-state index < -0.39 is 20.8 Å². The van der Waals surface area contributed by atoms with E-state index in [1.807, 2.05) is 0 Å². The summed E-state index contributed by atoms with van der Waals surface area (Å²) in [4.78, 5) is 0. The molecule has 21 heavy (non-hydrogen) atoms. The van der Waals surface area contributed by atoms with Gasteiger partial charge >= 0.3 is 61.8 Å². The van der Waals surface area contributed by atoms with Crippen LogP contribution in [0.4, 0.5) is 0 Å². The second-order valence-electron chi connectivity index (χ2n) is 3.58. The molecule has 1 N–H and O–H groups in total. The maximum absolute atomic E-state index is 9.48. The van der Waals surface area contributed by atoms with E-state index in [1.165, 1.54) is 30.7 Å². The van der Waals surface area contributed by atoms with Crippen molar-refractivity contribution in [2.24, 2.45) is 0 Å². The third-order valence-corrected chi connectivity index (χ3v) is 3.44. The van der Waals surface area contributed by atoms with Gasteiger partial charge in [-0.2, -0.15) is 8.42 Å². The first-order valence-electron chi connectivity index (χ1n) is 5.61. The van der Waals surface area contributed by atoms with Crippen molar-refractivity contribution in [2.45, 2.75) is 27.7 Å². The average Bonchev–Trinajstić information content (AvgIpc) is 2.30. The number of halogens is 1. The Morgan fingerprint density at radius 3 is 1.24 bits per heavy atom. The second kappa shape index (κ2) is 14.2. The molecule has 0 aromatic heterocycles. The van der Waals surface area contributed by atoms with Crippen molar-refractivity contribution in [3.05, 3.63) is 0 Å². The summed E-state index contributed by atoms with van der Waals surface area (Å²) in [6.07, 6.45) is 0. The Balaban J connectivity index is -0.000000126. The van der Waals surface area contributed by atoms with Crippen molar-refractivity contribution >= 4 is 20.8 Å². The van der Waals surface area contributed by atoms with Gasteiger partial charge in [0.25, 0.3) is 0 Å². The Morgan fingerprint density at radius 2 is 1.19 bits per heavy atom. The van der Waals surface area contributed by atoms with Crippen LogP contribution in [0.25, 0.3) is 0 Å². The number of quaternary nitrogens is 1. The Kier molecular flexibility index (Phi) is 20.7. The van der Waals surface area contributed by atoms with Crippen LogP contribution in [0.2, 0.25) is 0 Å². The third kappa shape index (κ3) is 19.8. The topological polar surface area (TPSA) is 130 Å².